The maximum atomic E-state index is 12.8. The zero-order chi connectivity index (χ0) is 17.2. The first-order chi connectivity index (χ1) is 11.5. The van der Waals surface area contributed by atoms with Gasteiger partial charge in [-0.15, -0.1) is 0 Å². The van der Waals surface area contributed by atoms with Crippen molar-refractivity contribution in [3.05, 3.63) is 42.5 Å². The number of benzene rings is 2. The van der Waals surface area contributed by atoms with Crippen LogP contribution in [-0.2, 0) is 19.6 Å². The smallest absolute Gasteiger partial charge is 0.248 e. The van der Waals surface area contributed by atoms with E-state index in [1.165, 1.54) is 11.4 Å². The highest BCUT2D eigenvalue weighted by Gasteiger charge is 2.30. The molecule has 0 unspecified atom stereocenters. The number of amides is 1. The van der Waals surface area contributed by atoms with Crippen molar-refractivity contribution in [3.63, 3.8) is 0 Å². The molecule has 128 valence electrons. The van der Waals surface area contributed by atoms with E-state index in [2.05, 4.69) is 0 Å². The van der Waals surface area contributed by atoms with Crippen LogP contribution in [0.5, 0.6) is 0 Å². The molecular weight excluding hydrogens is 328 g/mol. The zero-order valence-corrected chi connectivity index (χ0v) is 14.3. The van der Waals surface area contributed by atoms with E-state index in [-0.39, 0.29) is 17.4 Å². The number of methoxy groups -OCH3 is 1. The van der Waals surface area contributed by atoms with E-state index in [9.17, 15) is 13.2 Å². The number of ether oxygens (including phenoxy) is 1. The van der Waals surface area contributed by atoms with Crippen LogP contribution in [0.15, 0.2) is 47.4 Å². The Balaban J connectivity index is 1.77. The largest absolute Gasteiger partial charge is 0.375 e. The van der Waals surface area contributed by atoms with E-state index in [0.29, 0.717) is 26.2 Å². The summed E-state index contributed by atoms with van der Waals surface area (Å²) in [6, 6.07) is 12.8. The van der Waals surface area contributed by atoms with Crippen LogP contribution in [0.2, 0.25) is 0 Å². The van der Waals surface area contributed by atoms with Gasteiger partial charge in [-0.05, 0) is 22.9 Å². The van der Waals surface area contributed by atoms with Crippen LogP contribution < -0.4 is 0 Å². The number of carbonyl (C=O) groups is 1. The molecule has 24 heavy (non-hydrogen) atoms. The van der Waals surface area contributed by atoms with Crippen molar-refractivity contribution in [2.45, 2.75) is 4.90 Å². The molecule has 1 amide bonds. The predicted molar refractivity (Wildman–Crippen MR) is 91.2 cm³/mol. The second-order valence-corrected chi connectivity index (χ2v) is 7.66. The maximum absolute atomic E-state index is 12.8. The van der Waals surface area contributed by atoms with Crippen LogP contribution in [0.4, 0.5) is 0 Å². The minimum atomic E-state index is -3.55. The fraction of sp³-hybridized carbons (Fsp3) is 0.353. The van der Waals surface area contributed by atoms with E-state index in [4.69, 9.17) is 4.74 Å². The minimum absolute atomic E-state index is 0.0252. The summed E-state index contributed by atoms with van der Waals surface area (Å²) in [5, 5.41) is 1.90. The number of piperazine rings is 1. The quantitative estimate of drug-likeness (QED) is 0.836. The molecule has 7 heteroatoms. The average Bonchev–Trinajstić information content (AvgIpc) is 2.61. The lowest BCUT2D eigenvalue weighted by Crippen LogP contribution is -2.51. The number of nitrogens with zero attached hydrogens (tertiary/aromatic N) is 2. The molecule has 1 aliphatic heterocycles. The molecule has 0 aromatic heterocycles. The van der Waals surface area contributed by atoms with Crippen molar-refractivity contribution in [2.24, 2.45) is 0 Å². The lowest BCUT2D eigenvalue weighted by Gasteiger charge is -2.33. The van der Waals surface area contributed by atoms with Gasteiger partial charge in [-0.1, -0.05) is 30.3 Å². The molecule has 3 rings (SSSR count). The average molecular weight is 348 g/mol. The third kappa shape index (κ3) is 3.28. The molecule has 0 spiro atoms. The molecule has 1 saturated heterocycles. The van der Waals surface area contributed by atoms with Crippen molar-refractivity contribution in [3.8, 4) is 0 Å². The molecule has 0 atom stereocenters. The zero-order valence-electron chi connectivity index (χ0n) is 13.5. The van der Waals surface area contributed by atoms with Gasteiger partial charge in [-0.3, -0.25) is 4.79 Å². The molecular formula is C17H20N2O4S. The molecule has 0 N–H and O–H groups in total. The Labute approximate surface area is 141 Å². The summed E-state index contributed by atoms with van der Waals surface area (Å²) in [5.74, 6) is -0.111. The Morgan fingerprint density at radius 1 is 1.04 bits per heavy atom. The fourth-order valence-electron chi connectivity index (χ4n) is 2.87. The molecule has 0 aliphatic carbocycles. The Bertz CT molecular complexity index is 843. The van der Waals surface area contributed by atoms with Gasteiger partial charge < -0.3 is 9.64 Å². The van der Waals surface area contributed by atoms with Crippen LogP contribution in [-0.4, -0.2) is 63.4 Å². The summed E-state index contributed by atoms with van der Waals surface area (Å²) in [6.45, 7) is 1.39. The Morgan fingerprint density at radius 2 is 1.71 bits per heavy atom. The van der Waals surface area contributed by atoms with Crippen LogP contribution in [0.1, 0.15) is 0 Å². The molecule has 1 fully saturated rings. The lowest BCUT2D eigenvalue weighted by atomic mass is 10.1. The highest BCUT2D eigenvalue weighted by Crippen LogP contribution is 2.22. The summed E-state index contributed by atoms with van der Waals surface area (Å²) in [6.07, 6.45) is 0. The second-order valence-electron chi connectivity index (χ2n) is 5.73. The number of rotatable bonds is 4. The third-order valence-corrected chi connectivity index (χ3v) is 6.11. The minimum Gasteiger partial charge on any atom is -0.375 e. The van der Waals surface area contributed by atoms with Gasteiger partial charge in [0, 0.05) is 33.3 Å². The van der Waals surface area contributed by atoms with Crippen molar-refractivity contribution in [1.82, 2.24) is 9.21 Å². The third-order valence-electron chi connectivity index (χ3n) is 4.22. The van der Waals surface area contributed by atoms with Crippen molar-refractivity contribution < 1.29 is 17.9 Å². The van der Waals surface area contributed by atoms with E-state index in [1.54, 1.807) is 17.0 Å². The van der Waals surface area contributed by atoms with Crippen LogP contribution in [0.3, 0.4) is 0 Å². The molecule has 2 aromatic rings. The number of sulfonamides is 1. The first-order valence-electron chi connectivity index (χ1n) is 7.78. The van der Waals surface area contributed by atoms with E-state index < -0.39 is 10.0 Å². The highest BCUT2D eigenvalue weighted by molar-refractivity contribution is 7.89. The molecule has 0 bridgehead atoms. The summed E-state index contributed by atoms with van der Waals surface area (Å²) >= 11 is 0. The number of hydrogen-bond acceptors (Lipinski definition) is 4. The van der Waals surface area contributed by atoms with Crippen molar-refractivity contribution in [2.75, 3.05) is 39.9 Å². The Kier molecular flexibility index (Phi) is 4.84. The topological polar surface area (TPSA) is 66.9 Å². The first kappa shape index (κ1) is 16.9. The molecule has 1 heterocycles. The van der Waals surface area contributed by atoms with Gasteiger partial charge in [0.05, 0.1) is 4.90 Å². The molecule has 1 aliphatic rings. The second kappa shape index (κ2) is 6.88. The number of carbonyl (C=O) groups excluding carboxylic acids is 1. The van der Waals surface area contributed by atoms with E-state index in [1.807, 2.05) is 30.3 Å². The van der Waals surface area contributed by atoms with Gasteiger partial charge in [0.1, 0.15) is 6.61 Å². The van der Waals surface area contributed by atoms with Crippen LogP contribution in [0.25, 0.3) is 10.8 Å². The van der Waals surface area contributed by atoms with Crippen molar-refractivity contribution in [1.29, 1.82) is 0 Å². The number of hydrogen-bond donors (Lipinski definition) is 0. The standard InChI is InChI=1S/C17H20N2O4S/c1-23-13-17(20)18-8-10-19(11-9-18)24(21,22)16-7-6-14-4-2-3-5-15(14)12-16/h2-7,12H,8-11,13H2,1H3. The van der Waals surface area contributed by atoms with E-state index in [0.717, 1.165) is 10.8 Å². The van der Waals surface area contributed by atoms with Gasteiger partial charge in [-0.2, -0.15) is 4.31 Å². The van der Waals surface area contributed by atoms with Gasteiger partial charge >= 0.3 is 0 Å². The summed E-state index contributed by atoms with van der Waals surface area (Å²) in [5.41, 5.74) is 0. The summed E-state index contributed by atoms with van der Waals surface area (Å²) in [7, 11) is -2.08. The lowest BCUT2D eigenvalue weighted by molar-refractivity contribution is -0.136. The maximum Gasteiger partial charge on any atom is 0.248 e. The van der Waals surface area contributed by atoms with Crippen molar-refractivity contribution >= 4 is 26.7 Å². The Morgan fingerprint density at radius 3 is 2.38 bits per heavy atom. The monoisotopic (exact) mass is 348 g/mol. The normalized spacial score (nSPS) is 16.5. The van der Waals surface area contributed by atoms with Gasteiger partial charge in [0.25, 0.3) is 0 Å². The van der Waals surface area contributed by atoms with Gasteiger partial charge in [-0.25, -0.2) is 8.42 Å². The summed E-state index contributed by atoms with van der Waals surface area (Å²) in [4.78, 5) is 13.7. The Hall–Kier alpha value is -1.96. The SMILES string of the molecule is COCC(=O)N1CCN(S(=O)(=O)c2ccc3ccccc3c2)CC1. The van der Waals surface area contributed by atoms with Crippen LogP contribution >= 0.6 is 0 Å². The van der Waals surface area contributed by atoms with Crippen LogP contribution in [0, 0.1) is 0 Å². The molecule has 6 nitrogen and oxygen atoms in total. The first-order valence-corrected chi connectivity index (χ1v) is 9.22. The molecule has 0 saturated carbocycles. The predicted octanol–water partition coefficient (Wildman–Crippen LogP) is 1.32. The number of fused-ring (bicyclic) bond motifs is 1. The summed E-state index contributed by atoms with van der Waals surface area (Å²) < 4.78 is 31.9. The van der Waals surface area contributed by atoms with Gasteiger partial charge in [0.2, 0.25) is 15.9 Å². The van der Waals surface area contributed by atoms with E-state index >= 15 is 0 Å². The molecule has 0 radical (unpaired) electrons. The molecule has 2 aromatic carbocycles. The fourth-order valence-corrected chi connectivity index (χ4v) is 4.33. The van der Waals surface area contributed by atoms with Gasteiger partial charge in [0.15, 0.2) is 0 Å². The highest BCUT2D eigenvalue weighted by atomic mass is 32.2.